The summed E-state index contributed by atoms with van der Waals surface area (Å²) in [5.74, 6) is 0.326. The second-order valence-corrected chi connectivity index (χ2v) is 6.21. The minimum absolute atomic E-state index is 0.0677. The van der Waals surface area contributed by atoms with Gasteiger partial charge in [-0.1, -0.05) is 0 Å². The fraction of sp³-hybridized carbons (Fsp3) is 0.312. The molecule has 0 saturated carbocycles. The van der Waals surface area contributed by atoms with Gasteiger partial charge in [0, 0.05) is 24.5 Å². The summed E-state index contributed by atoms with van der Waals surface area (Å²) in [5.41, 5.74) is 1.57. The van der Waals surface area contributed by atoms with E-state index in [-0.39, 0.29) is 32.1 Å². The van der Waals surface area contributed by atoms with Crippen molar-refractivity contribution in [3.63, 3.8) is 0 Å². The van der Waals surface area contributed by atoms with E-state index in [1.54, 1.807) is 7.05 Å². The summed E-state index contributed by atoms with van der Waals surface area (Å²) in [4.78, 5) is 28.5. The zero-order valence-corrected chi connectivity index (χ0v) is 13.8. The Morgan fingerprint density at radius 1 is 1.33 bits per heavy atom. The van der Waals surface area contributed by atoms with Crippen molar-refractivity contribution in [2.45, 2.75) is 12.8 Å². The van der Waals surface area contributed by atoms with Crippen LogP contribution in [0.2, 0.25) is 0 Å². The van der Waals surface area contributed by atoms with Crippen LogP contribution in [0.15, 0.2) is 23.6 Å². The Hall–Kier alpha value is -2.61. The summed E-state index contributed by atoms with van der Waals surface area (Å²) in [6.45, 7) is 0.409. The van der Waals surface area contributed by atoms with Crippen LogP contribution in [-0.2, 0) is 16.0 Å². The van der Waals surface area contributed by atoms with Gasteiger partial charge in [-0.25, -0.2) is 4.98 Å². The maximum Gasteiger partial charge on any atom is 0.305 e. The molecule has 7 nitrogen and oxygen atoms in total. The molecule has 1 aromatic carbocycles. The predicted octanol–water partition coefficient (Wildman–Crippen LogP) is 2.01. The van der Waals surface area contributed by atoms with Crippen molar-refractivity contribution >= 4 is 23.2 Å². The number of benzene rings is 1. The van der Waals surface area contributed by atoms with Crippen molar-refractivity contribution in [3.8, 4) is 22.1 Å². The van der Waals surface area contributed by atoms with Gasteiger partial charge in [-0.05, 0) is 18.2 Å². The van der Waals surface area contributed by atoms with Gasteiger partial charge in [0.15, 0.2) is 11.5 Å². The molecule has 2 aromatic rings. The number of carbonyl (C=O) groups excluding carboxylic acids is 1. The van der Waals surface area contributed by atoms with Gasteiger partial charge in [-0.3, -0.25) is 9.59 Å². The summed E-state index contributed by atoms with van der Waals surface area (Å²) in [7, 11) is 1.59. The van der Waals surface area contributed by atoms with Crippen LogP contribution in [-0.4, -0.2) is 47.3 Å². The number of aromatic nitrogens is 1. The van der Waals surface area contributed by atoms with E-state index in [1.807, 2.05) is 23.6 Å². The first kappa shape index (κ1) is 16.3. The summed E-state index contributed by atoms with van der Waals surface area (Å²) < 4.78 is 10.6. The number of fused-ring (bicyclic) bond motifs is 1. The summed E-state index contributed by atoms with van der Waals surface area (Å²) in [6, 6.07) is 5.60. The molecule has 24 heavy (non-hydrogen) atoms. The van der Waals surface area contributed by atoms with Gasteiger partial charge in [0.1, 0.15) is 5.01 Å². The lowest BCUT2D eigenvalue weighted by Gasteiger charge is -2.15. The molecule has 0 atom stereocenters. The third-order valence-corrected chi connectivity index (χ3v) is 4.53. The molecule has 0 spiro atoms. The number of likely N-dealkylation sites (N-methyl/N-ethyl adjacent to an activating group) is 1. The number of aliphatic carboxylic acids is 1. The van der Waals surface area contributed by atoms with Gasteiger partial charge in [0.2, 0.25) is 12.7 Å². The maximum atomic E-state index is 12.1. The molecular weight excluding hydrogens is 332 g/mol. The molecule has 0 saturated heterocycles. The van der Waals surface area contributed by atoms with E-state index < -0.39 is 5.97 Å². The highest BCUT2D eigenvalue weighted by Crippen LogP contribution is 2.36. The van der Waals surface area contributed by atoms with E-state index in [1.165, 1.54) is 16.2 Å². The zero-order chi connectivity index (χ0) is 17.1. The van der Waals surface area contributed by atoms with Crippen LogP contribution in [0.5, 0.6) is 11.5 Å². The number of rotatable bonds is 6. The lowest BCUT2D eigenvalue weighted by Crippen LogP contribution is -2.30. The highest BCUT2D eigenvalue weighted by molar-refractivity contribution is 7.13. The standard InChI is InChI=1S/C16H16N2O5S/c1-18(5-4-15(20)21)14(19)7-11-8-24-16(17-11)10-2-3-12-13(6-10)23-9-22-12/h2-3,6,8H,4-5,7,9H2,1H3,(H,20,21). The van der Waals surface area contributed by atoms with Crippen LogP contribution in [0.25, 0.3) is 10.6 Å². The van der Waals surface area contributed by atoms with Crippen molar-refractivity contribution in [2.24, 2.45) is 0 Å². The van der Waals surface area contributed by atoms with Gasteiger partial charge in [0.05, 0.1) is 18.5 Å². The average Bonchev–Trinajstić information content (AvgIpc) is 3.20. The van der Waals surface area contributed by atoms with Crippen LogP contribution in [0.4, 0.5) is 0 Å². The molecule has 1 N–H and O–H groups in total. The zero-order valence-electron chi connectivity index (χ0n) is 13.0. The SMILES string of the molecule is CN(CCC(=O)O)C(=O)Cc1csc(-c2ccc3c(c2)OCO3)n1. The lowest BCUT2D eigenvalue weighted by atomic mass is 10.2. The van der Waals surface area contributed by atoms with Gasteiger partial charge in [0.25, 0.3) is 0 Å². The Labute approximate surface area is 142 Å². The highest BCUT2D eigenvalue weighted by atomic mass is 32.1. The van der Waals surface area contributed by atoms with Crippen molar-refractivity contribution in [2.75, 3.05) is 20.4 Å². The molecular formula is C16H16N2O5S. The molecule has 0 bridgehead atoms. The normalized spacial score (nSPS) is 12.2. The third-order valence-electron chi connectivity index (χ3n) is 3.59. The molecule has 0 aliphatic carbocycles. The Morgan fingerprint density at radius 3 is 2.92 bits per heavy atom. The smallest absolute Gasteiger partial charge is 0.305 e. The average molecular weight is 348 g/mol. The molecule has 0 unspecified atom stereocenters. The summed E-state index contributed by atoms with van der Waals surface area (Å²) >= 11 is 1.45. The van der Waals surface area contributed by atoms with Gasteiger partial charge in [-0.15, -0.1) is 11.3 Å². The molecule has 0 radical (unpaired) electrons. The summed E-state index contributed by atoms with van der Waals surface area (Å²) in [5, 5.41) is 11.3. The molecule has 3 rings (SSSR count). The number of amides is 1. The second-order valence-electron chi connectivity index (χ2n) is 5.35. The minimum Gasteiger partial charge on any atom is -0.481 e. The van der Waals surface area contributed by atoms with E-state index >= 15 is 0 Å². The molecule has 1 amide bonds. The predicted molar refractivity (Wildman–Crippen MR) is 87.3 cm³/mol. The van der Waals surface area contributed by atoms with E-state index in [9.17, 15) is 9.59 Å². The van der Waals surface area contributed by atoms with Crippen molar-refractivity contribution in [3.05, 3.63) is 29.3 Å². The Morgan fingerprint density at radius 2 is 2.12 bits per heavy atom. The number of hydrogen-bond acceptors (Lipinski definition) is 6. The van der Waals surface area contributed by atoms with Crippen LogP contribution in [0, 0.1) is 0 Å². The monoisotopic (exact) mass is 348 g/mol. The van der Waals surface area contributed by atoms with E-state index in [4.69, 9.17) is 14.6 Å². The first-order chi connectivity index (χ1) is 11.5. The van der Waals surface area contributed by atoms with Gasteiger partial charge in [-0.2, -0.15) is 0 Å². The van der Waals surface area contributed by atoms with Crippen molar-refractivity contribution in [1.82, 2.24) is 9.88 Å². The number of carboxylic acids is 1. The topological polar surface area (TPSA) is 89.0 Å². The third kappa shape index (κ3) is 3.65. The number of nitrogens with zero attached hydrogens (tertiary/aromatic N) is 2. The van der Waals surface area contributed by atoms with E-state index in [2.05, 4.69) is 4.98 Å². The lowest BCUT2D eigenvalue weighted by molar-refractivity contribution is -0.138. The number of carbonyl (C=O) groups is 2. The molecule has 0 fully saturated rings. The summed E-state index contributed by atoms with van der Waals surface area (Å²) in [6.07, 6.45) is 0.0823. The Balaban J connectivity index is 1.65. The Bertz CT molecular complexity index is 774. The van der Waals surface area contributed by atoms with Gasteiger partial charge < -0.3 is 19.5 Å². The highest BCUT2D eigenvalue weighted by Gasteiger charge is 2.17. The molecule has 8 heteroatoms. The van der Waals surface area contributed by atoms with Crippen LogP contribution >= 0.6 is 11.3 Å². The number of carboxylic acid groups (broad SMARTS) is 1. The van der Waals surface area contributed by atoms with Crippen molar-refractivity contribution in [1.29, 1.82) is 0 Å². The number of ether oxygens (including phenoxy) is 2. The van der Waals surface area contributed by atoms with E-state index in [0.717, 1.165) is 10.6 Å². The molecule has 1 aliphatic rings. The largest absolute Gasteiger partial charge is 0.481 e. The number of hydrogen-bond donors (Lipinski definition) is 1. The number of thiazole rings is 1. The molecule has 1 aliphatic heterocycles. The van der Waals surface area contributed by atoms with Crippen LogP contribution < -0.4 is 9.47 Å². The van der Waals surface area contributed by atoms with Gasteiger partial charge >= 0.3 is 5.97 Å². The fourth-order valence-electron chi connectivity index (χ4n) is 2.23. The molecule has 1 aromatic heterocycles. The fourth-order valence-corrected chi connectivity index (χ4v) is 3.04. The molecule has 2 heterocycles. The van der Waals surface area contributed by atoms with Crippen molar-refractivity contribution < 1.29 is 24.2 Å². The Kier molecular flexibility index (Phi) is 4.66. The first-order valence-electron chi connectivity index (χ1n) is 7.33. The second kappa shape index (κ2) is 6.88. The maximum absolute atomic E-state index is 12.1. The first-order valence-corrected chi connectivity index (χ1v) is 8.21. The minimum atomic E-state index is -0.923. The van der Waals surface area contributed by atoms with Crippen LogP contribution in [0.3, 0.4) is 0 Å². The van der Waals surface area contributed by atoms with E-state index in [0.29, 0.717) is 17.2 Å². The van der Waals surface area contributed by atoms with Crippen LogP contribution in [0.1, 0.15) is 12.1 Å². The quantitative estimate of drug-likeness (QED) is 0.859. The molecule has 126 valence electrons.